The molecule has 0 aliphatic carbocycles. The standard InChI is InChI=1S/C10H7BrN4/c11-7-2-1-3-9(4-7)15-10(13)5-8(6-12)14-15/h1-5H,13H2. The lowest BCUT2D eigenvalue weighted by atomic mass is 10.3. The molecule has 0 amide bonds. The third-order valence-corrected chi connectivity index (χ3v) is 2.40. The van der Waals surface area contributed by atoms with E-state index in [1.54, 1.807) is 6.07 Å². The van der Waals surface area contributed by atoms with E-state index >= 15 is 0 Å². The van der Waals surface area contributed by atoms with E-state index in [2.05, 4.69) is 21.0 Å². The van der Waals surface area contributed by atoms with Crippen LogP contribution in [0.1, 0.15) is 5.69 Å². The molecule has 0 saturated heterocycles. The number of nitrogens with zero attached hydrogens (tertiary/aromatic N) is 3. The molecule has 2 aromatic rings. The average molecular weight is 263 g/mol. The van der Waals surface area contributed by atoms with Gasteiger partial charge in [0.2, 0.25) is 0 Å². The van der Waals surface area contributed by atoms with Crippen molar-refractivity contribution in [2.45, 2.75) is 0 Å². The van der Waals surface area contributed by atoms with E-state index in [1.165, 1.54) is 4.68 Å². The van der Waals surface area contributed by atoms with Crippen molar-refractivity contribution in [2.75, 3.05) is 5.73 Å². The number of hydrogen-bond acceptors (Lipinski definition) is 3. The molecular weight excluding hydrogens is 256 g/mol. The highest BCUT2D eigenvalue weighted by molar-refractivity contribution is 9.10. The summed E-state index contributed by atoms with van der Waals surface area (Å²) in [6.45, 7) is 0. The Morgan fingerprint density at radius 3 is 2.80 bits per heavy atom. The number of nitrogen functional groups attached to an aromatic ring is 1. The summed E-state index contributed by atoms with van der Waals surface area (Å²) in [6.07, 6.45) is 0. The zero-order chi connectivity index (χ0) is 10.8. The number of nitriles is 1. The van der Waals surface area contributed by atoms with Gasteiger partial charge in [-0.15, -0.1) is 0 Å². The lowest BCUT2D eigenvalue weighted by Gasteiger charge is -2.03. The number of halogens is 1. The molecule has 0 aliphatic rings. The van der Waals surface area contributed by atoms with Crippen LogP contribution in [0.5, 0.6) is 0 Å². The van der Waals surface area contributed by atoms with Crippen molar-refractivity contribution in [3.8, 4) is 11.8 Å². The van der Waals surface area contributed by atoms with Crippen LogP contribution in [0.2, 0.25) is 0 Å². The first kappa shape index (κ1) is 9.74. The summed E-state index contributed by atoms with van der Waals surface area (Å²) < 4.78 is 2.47. The van der Waals surface area contributed by atoms with Gasteiger partial charge in [0.15, 0.2) is 5.69 Å². The second-order valence-corrected chi connectivity index (χ2v) is 3.87. The van der Waals surface area contributed by atoms with Gasteiger partial charge in [-0.05, 0) is 18.2 Å². The van der Waals surface area contributed by atoms with Gasteiger partial charge in [0.25, 0.3) is 0 Å². The van der Waals surface area contributed by atoms with E-state index in [1.807, 2.05) is 30.3 Å². The number of hydrogen-bond donors (Lipinski definition) is 1. The smallest absolute Gasteiger partial charge is 0.165 e. The molecule has 0 spiro atoms. The van der Waals surface area contributed by atoms with Gasteiger partial charge in [0.1, 0.15) is 11.9 Å². The molecule has 0 bridgehead atoms. The molecule has 0 saturated carbocycles. The van der Waals surface area contributed by atoms with Crippen LogP contribution in [0.25, 0.3) is 5.69 Å². The second kappa shape index (κ2) is 3.75. The Morgan fingerprint density at radius 2 is 2.20 bits per heavy atom. The third-order valence-electron chi connectivity index (χ3n) is 1.90. The van der Waals surface area contributed by atoms with Crippen molar-refractivity contribution in [3.05, 3.63) is 40.5 Å². The van der Waals surface area contributed by atoms with Crippen LogP contribution in [0.15, 0.2) is 34.8 Å². The number of rotatable bonds is 1. The van der Waals surface area contributed by atoms with E-state index in [4.69, 9.17) is 11.0 Å². The molecule has 1 aromatic carbocycles. The number of anilines is 1. The molecule has 74 valence electrons. The summed E-state index contributed by atoms with van der Waals surface area (Å²) in [7, 11) is 0. The topological polar surface area (TPSA) is 67.6 Å². The molecule has 15 heavy (non-hydrogen) atoms. The Labute approximate surface area is 95.1 Å². The fourth-order valence-corrected chi connectivity index (χ4v) is 1.65. The normalized spacial score (nSPS) is 9.87. The SMILES string of the molecule is N#Cc1cc(N)n(-c2cccc(Br)c2)n1. The maximum atomic E-state index is 8.69. The van der Waals surface area contributed by atoms with E-state index in [9.17, 15) is 0 Å². The molecule has 2 rings (SSSR count). The van der Waals surface area contributed by atoms with Crippen molar-refractivity contribution >= 4 is 21.7 Å². The van der Waals surface area contributed by atoms with Crippen LogP contribution in [0, 0.1) is 11.3 Å². The van der Waals surface area contributed by atoms with Gasteiger partial charge in [-0.2, -0.15) is 10.4 Å². The minimum absolute atomic E-state index is 0.312. The van der Waals surface area contributed by atoms with Crippen molar-refractivity contribution in [1.29, 1.82) is 5.26 Å². The fourth-order valence-electron chi connectivity index (χ4n) is 1.26. The predicted molar refractivity (Wildman–Crippen MR) is 60.4 cm³/mol. The lowest BCUT2D eigenvalue weighted by Crippen LogP contribution is -2.01. The van der Waals surface area contributed by atoms with Crippen LogP contribution in [-0.2, 0) is 0 Å². The molecular formula is C10H7BrN4. The molecule has 0 radical (unpaired) electrons. The number of benzene rings is 1. The van der Waals surface area contributed by atoms with E-state index in [0.717, 1.165) is 10.2 Å². The highest BCUT2D eigenvalue weighted by atomic mass is 79.9. The van der Waals surface area contributed by atoms with Crippen molar-refractivity contribution in [1.82, 2.24) is 9.78 Å². The summed E-state index contributed by atoms with van der Waals surface area (Å²) in [5.41, 5.74) is 6.87. The van der Waals surface area contributed by atoms with Crippen LogP contribution < -0.4 is 5.73 Å². The van der Waals surface area contributed by atoms with E-state index in [-0.39, 0.29) is 0 Å². The van der Waals surface area contributed by atoms with Crippen molar-refractivity contribution < 1.29 is 0 Å². The molecule has 0 atom stereocenters. The molecule has 1 heterocycles. The lowest BCUT2D eigenvalue weighted by molar-refractivity contribution is 0.883. The van der Waals surface area contributed by atoms with Crippen molar-refractivity contribution in [3.63, 3.8) is 0 Å². The summed E-state index contributed by atoms with van der Waals surface area (Å²) in [5, 5.41) is 12.7. The maximum absolute atomic E-state index is 8.69. The summed E-state index contributed by atoms with van der Waals surface area (Å²) >= 11 is 3.36. The molecule has 0 aliphatic heterocycles. The highest BCUT2D eigenvalue weighted by Crippen LogP contribution is 2.18. The molecule has 2 N–H and O–H groups in total. The predicted octanol–water partition coefficient (Wildman–Crippen LogP) is 2.09. The molecule has 0 fully saturated rings. The zero-order valence-corrected chi connectivity index (χ0v) is 9.27. The van der Waals surface area contributed by atoms with Crippen LogP contribution in [-0.4, -0.2) is 9.78 Å². The van der Waals surface area contributed by atoms with E-state index in [0.29, 0.717) is 11.5 Å². The largest absolute Gasteiger partial charge is 0.384 e. The maximum Gasteiger partial charge on any atom is 0.165 e. The van der Waals surface area contributed by atoms with Gasteiger partial charge >= 0.3 is 0 Å². The second-order valence-electron chi connectivity index (χ2n) is 2.96. The number of aromatic nitrogens is 2. The Balaban J connectivity index is 2.54. The molecule has 4 nitrogen and oxygen atoms in total. The minimum atomic E-state index is 0.312. The first-order chi connectivity index (χ1) is 7.20. The molecule has 1 aromatic heterocycles. The Morgan fingerprint density at radius 1 is 1.40 bits per heavy atom. The Bertz CT molecular complexity index is 539. The zero-order valence-electron chi connectivity index (χ0n) is 7.68. The van der Waals surface area contributed by atoms with Gasteiger partial charge in [-0.1, -0.05) is 22.0 Å². The first-order valence-corrected chi connectivity index (χ1v) is 5.01. The minimum Gasteiger partial charge on any atom is -0.384 e. The summed E-state index contributed by atoms with van der Waals surface area (Å²) in [4.78, 5) is 0. The fraction of sp³-hybridized carbons (Fsp3) is 0. The third kappa shape index (κ3) is 1.85. The average Bonchev–Trinajstić information content (AvgIpc) is 2.60. The highest BCUT2D eigenvalue weighted by Gasteiger charge is 2.06. The van der Waals surface area contributed by atoms with Crippen LogP contribution in [0.3, 0.4) is 0 Å². The van der Waals surface area contributed by atoms with Gasteiger partial charge in [-0.25, -0.2) is 4.68 Å². The summed E-state index contributed by atoms with van der Waals surface area (Å²) in [6, 6.07) is 11.0. The van der Waals surface area contributed by atoms with Gasteiger partial charge in [0.05, 0.1) is 5.69 Å². The van der Waals surface area contributed by atoms with Gasteiger partial charge < -0.3 is 5.73 Å². The summed E-state index contributed by atoms with van der Waals surface area (Å²) in [5.74, 6) is 0.449. The Hall–Kier alpha value is -1.80. The molecule has 5 heteroatoms. The quantitative estimate of drug-likeness (QED) is 0.856. The monoisotopic (exact) mass is 262 g/mol. The van der Waals surface area contributed by atoms with Crippen molar-refractivity contribution in [2.24, 2.45) is 0 Å². The first-order valence-electron chi connectivity index (χ1n) is 4.22. The molecule has 0 unspecified atom stereocenters. The Kier molecular flexibility index (Phi) is 2.44. The van der Waals surface area contributed by atoms with Crippen LogP contribution >= 0.6 is 15.9 Å². The van der Waals surface area contributed by atoms with Gasteiger partial charge in [-0.3, -0.25) is 0 Å². The van der Waals surface area contributed by atoms with Gasteiger partial charge in [0, 0.05) is 10.5 Å². The van der Waals surface area contributed by atoms with Crippen LogP contribution in [0.4, 0.5) is 5.82 Å². The van der Waals surface area contributed by atoms with E-state index < -0.39 is 0 Å². The number of nitrogens with two attached hydrogens (primary N) is 1.